The Labute approximate surface area is 101 Å². The van der Waals surface area contributed by atoms with Crippen LogP contribution in [0, 0.1) is 5.92 Å². The standard InChI is InChI=1S/C11H19ClN2S/c1-10(3-5-12)4-6-14(2)7-11-8-15-9-13-11/h8-10H,3-7H2,1-2H3. The molecule has 15 heavy (non-hydrogen) atoms. The first-order valence-corrected chi connectivity index (χ1v) is 6.81. The van der Waals surface area contributed by atoms with Gasteiger partial charge in [-0.25, -0.2) is 4.98 Å². The van der Waals surface area contributed by atoms with E-state index in [0.29, 0.717) is 0 Å². The first kappa shape index (κ1) is 12.9. The van der Waals surface area contributed by atoms with Gasteiger partial charge in [0, 0.05) is 17.8 Å². The first-order valence-electron chi connectivity index (χ1n) is 5.34. The van der Waals surface area contributed by atoms with Crippen molar-refractivity contribution in [1.82, 2.24) is 9.88 Å². The number of rotatable bonds is 7. The fourth-order valence-electron chi connectivity index (χ4n) is 1.44. The summed E-state index contributed by atoms with van der Waals surface area (Å²) in [4.78, 5) is 6.59. The van der Waals surface area contributed by atoms with E-state index < -0.39 is 0 Å². The number of hydrogen-bond acceptors (Lipinski definition) is 3. The Morgan fingerprint density at radius 3 is 2.93 bits per heavy atom. The molecule has 0 amide bonds. The zero-order valence-corrected chi connectivity index (χ0v) is 11.0. The molecule has 4 heteroatoms. The van der Waals surface area contributed by atoms with E-state index in [1.54, 1.807) is 11.3 Å². The van der Waals surface area contributed by atoms with Gasteiger partial charge >= 0.3 is 0 Å². The van der Waals surface area contributed by atoms with E-state index >= 15 is 0 Å². The Morgan fingerprint density at radius 1 is 1.53 bits per heavy atom. The minimum atomic E-state index is 0.723. The van der Waals surface area contributed by atoms with Crippen molar-refractivity contribution in [2.75, 3.05) is 19.5 Å². The van der Waals surface area contributed by atoms with Gasteiger partial charge in [0.05, 0.1) is 11.2 Å². The van der Waals surface area contributed by atoms with Crippen LogP contribution in [-0.2, 0) is 6.54 Å². The van der Waals surface area contributed by atoms with Crippen molar-refractivity contribution in [2.45, 2.75) is 26.3 Å². The van der Waals surface area contributed by atoms with Crippen LogP contribution in [0.15, 0.2) is 10.9 Å². The maximum Gasteiger partial charge on any atom is 0.0795 e. The first-order chi connectivity index (χ1) is 7.22. The molecule has 1 aromatic heterocycles. The Bertz CT molecular complexity index is 251. The Balaban J connectivity index is 2.16. The summed E-state index contributed by atoms with van der Waals surface area (Å²) >= 11 is 7.36. The zero-order chi connectivity index (χ0) is 11.1. The fraction of sp³-hybridized carbons (Fsp3) is 0.727. The van der Waals surface area contributed by atoms with E-state index in [-0.39, 0.29) is 0 Å². The third-order valence-corrected chi connectivity index (χ3v) is 3.37. The van der Waals surface area contributed by atoms with Crippen LogP contribution in [0.5, 0.6) is 0 Å². The molecule has 0 aromatic carbocycles. The lowest BCUT2D eigenvalue weighted by atomic mass is 10.1. The van der Waals surface area contributed by atoms with E-state index in [2.05, 4.69) is 29.2 Å². The fourth-order valence-corrected chi connectivity index (χ4v) is 2.36. The van der Waals surface area contributed by atoms with Crippen molar-refractivity contribution in [3.05, 3.63) is 16.6 Å². The highest BCUT2D eigenvalue weighted by Gasteiger charge is 2.05. The van der Waals surface area contributed by atoms with E-state index in [1.165, 1.54) is 12.1 Å². The van der Waals surface area contributed by atoms with E-state index in [0.717, 1.165) is 31.3 Å². The number of nitrogens with zero attached hydrogens (tertiary/aromatic N) is 2. The van der Waals surface area contributed by atoms with E-state index in [4.69, 9.17) is 11.6 Å². The highest BCUT2D eigenvalue weighted by atomic mass is 35.5. The van der Waals surface area contributed by atoms with Gasteiger partial charge < -0.3 is 4.90 Å². The second-order valence-corrected chi connectivity index (χ2v) is 5.19. The molecule has 0 radical (unpaired) electrons. The van der Waals surface area contributed by atoms with Gasteiger partial charge in [0.2, 0.25) is 0 Å². The minimum Gasteiger partial charge on any atom is -0.301 e. The smallest absolute Gasteiger partial charge is 0.0795 e. The molecule has 1 aromatic rings. The highest BCUT2D eigenvalue weighted by molar-refractivity contribution is 7.07. The van der Waals surface area contributed by atoms with Crippen molar-refractivity contribution in [3.8, 4) is 0 Å². The molecule has 0 aliphatic rings. The summed E-state index contributed by atoms with van der Waals surface area (Å²) in [7, 11) is 2.15. The minimum absolute atomic E-state index is 0.723. The lowest BCUT2D eigenvalue weighted by molar-refractivity contribution is 0.294. The SMILES string of the molecule is CC(CCCl)CCN(C)Cc1cscn1. The molecule has 0 aliphatic heterocycles. The quantitative estimate of drug-likeness (QED) is 0.687. The number of aromatic nitrogens is 1. The lowest BCUT2D eigenvalue weighted by Crippen LogP contribution is -2.21. The topological polar surface area (TPSA) is 16.1 Å². The summed E-state index contributed by atoms with van der Waals surface area (Å²) in [5, 5.41) is 2.11. The molecule has 0 fully saturated rings. The van der Waals surface area contributed by atoms with Crippen molar-refractivity contribution in [1.29, 1.82) is 0 Å². The summed E-state index contributed by atoms with van der Waals surface area (Å²) in [5.41, 5.74) is 3.06. The molecule has 0 N–H and O–H groups in total. The summed E-state index contributed by atoms with van der Waals surface area (Å²) in [6, 6.07) is 0. The second-order valence-electron chi connectivity index (χ2n) is 4.09. The number of halogens is 1. The van der Waals surface area contributed by atoms with Crippen molar-refractivity contribution < 1.29 is 0 Å². The molecule has 1 unspecified atom stereocenters. The van der Waals surface area contributed by atoms with Crippen LogP contribution in [0.3, 0.4) is 0 Å². The van der Waals surface area contributed by atoms with Gasteiger partial charge in [0.1, 0.15) is 0 Å². The van der Waals surface area contributed by atoms with Gasteiger partial charge in [0.25, 0.3) is 0 Å². The Hall–Kier alpha value is -0.120. The number of hydrogen-bond donors (Lipinski definition) is 0. The molecule has 0 saturated heterocycles. The normalized spacial score (nSPS) is 13.3. The van der Waals surface area contributed by atoms with Gasteiger partial charge in [-0.3, -0.25) is 0 Å². The number of thiazole rings is 1. The maximum absolute atomic E-state index is 5.70. The predicted molar refractivity (Wildman–Crippen MR) is 67.6 cm³/mol. The molecule has 2 nitrogen and oxygen atoms in total. The Morgan fingerprint density at radius 2 is 2.33 bits per heavy atom. The molecule has 0 spiro atoms. The van der Waals surface area contributed by atoms with Crippen LogP contribution in [0.4, 0.5) is 0 Å². The molecule has 1 heterocycles. The predicted octanol–water partition coefficient (Wildman–Crippen LogP) is 3.23. The van der Waals surface area contributed by atoms with Crippen LogP contribution in [0.25, 0.3) is 0 Å². The molecule has 86 valence electrons. The summed E-state index contributed by atoms with van der Waals surface area (Å²) in [6.45, 7) is 4.34. The highest BCUT2D eigenvalue weighted by Crippen LogP contribution is 2.10. The van der Waals surface area contributed by atoms with Crippen molar-refractivity contribution >= 4 is 22.9 Å². The van der Waals surface area contributed by atoms with E-state index in [1.807, 2.05) is 5.51 Å². The average molecular weight is 247 g/mol. The van der Waals surface area contributed by atoms with Crippen LogP contribution in [-0.4, -0.2) is 29.4 Å². The van der Waals surface area contributed by atoms with Gasteiger partial charge in [-0.15, -0.1) is 22.9 Å². The van der Waals surface area contributed by atoms with Gasteiger partial charge in [0.15, 0.2) is 0 Å². The maximum atomic E-state index is 5.70. The van der Waals surface area contributed by atoms with Crippen molar-refractivity contribution in [3.63, 3.8) is 0 Å². The van der Waals surface area contributed by atoms with Gasteiger partial charge in [-0.1, -0.05) is 6.92 Å². The monoisotopic (exact) mass is 246 g/mol. The molecule has 1 atom stereocenters. The van der Waals surface area contributed by atoms with Gasteiger partial charge in [-0.05, 0) is 32.4 Å². The molecule has 0 saturated carbocycles. The van der Waals surface area contributed by atoms with Crippen LogP contribution in [0.2, 0.25) is 0 Å². The Kier molecular flexibility index (Phi) is 6.22. The van der Waals surface area contributed by atoms with Crippen LogP contribution in [0.1, 0.15) is 25.5 Å². The summed E-state index contributed by atoms with van der Waals surface area (Å²) in [5.74, 6) is 1.50. The molecular weight excluding hydrogens is 228 g/mol. The second kappa shape index (κ2) is 7.20. The zero-order valence-electron chi connectivity index (χ0n) is 9.45. The third-order valence-electron chi connectivity index (χ3n) is 2.52. The summed E-state index contributed by atoms with van der Waals surface area (Å²) in [6.07, 6.45) is 2.33. The van der Waals surface area contributed by atoms with Crippen LogP contribution >= 0.6 is 22.9 Å². The van der Waals surface area contributed by atoms with Crippen molar-refractivity contribution in [2.24, 2.45) is 5.92 Å². The van der Waals surface area contributed by atoms with Gasteiger partial charge in [-0.2, -0.15) is 0 Å². The average Bonchev–Trinajstić information content (AvgIpc) is 2.68. The lowest BCUT2D eigenvalue weighted by Gasteiger charge is -2.17. The molecule has 1 rings (SSSR count). The molecule has 0 aliphatic carbocycles. The van der Waals surface area contributed by atoms with E-state index in [9.17, 15) is 0 Å². The number of alkyl halides is 1. The van der Waals surface area contributed by atoms with Crippen LogP contribution < -0.4 is 0 Å². The molecular formula is C11H19ClN2S. The largest absolute Gasteiger partial charge is 0.301 e. The third kappa shape index (κ3) is 5.50. The molecule has 0 bridgehead atoms. The summed E-state index contributed by atoms with van der Waals surface area (Å²) < 4.78 is 0.